The van der Waals surface area contributed by atoms with Crippen LogP contribution >= 0.6 is 0 Å². The SMILES string of the molecule is CCn1ccc(C(=O)N2C[C@@H]3OC(=O)N(CCCN4CCOCC4)[C@@H]3C2)n1. The Balaban J connectivity index is 1.31. The molecule has 3 aliphatic rings. The fraction of sp³-hybridized carbons (Fsp3) is 0.722. The van der Waals surface area contributed by atoms with E-state index in [0.29, 0.717) is 25.3 Å². The second-order valence-corrected chi connectivity index (χ2v) is 7.26. The van der Waals surface area contributed by atoms with Crippen molar-refractivity contribution in [2.24, 2.45) is 0 Å². The van der Waals surface area contributed by atoms with Crippen LogP contribution in [0.15, 0.2) is 12.3 Å². The molecule has 2 amide bonds. The Morgan fingerprint density at radius 2 is 2.07 bits per heavy atom. The Kier molecular flexibility index (Phi) is 5.31. The van der Waals surface area contributed by atoms with Crippen LogP contribution in [0.1, 0.15) is 23.8 Å². The number of carbonyl (C=O) groups excluding carboxylic acids is 2. The molecule has 9 heteroatoms. The first kappa shape index (κ1) is 18.2. The van der Waals surface area contributed by atoms with Crippen LogP contribution in [0.4, 0.5) is 4.79 Å². The van der Waals surface area contributed by atoms with Crippen molar-refractivity contribution >= 4 is 12.0 Å². The van der Waals surface area contributed by atoms with Gasteiger partial charge in [-0.25, -0.2) is 4.79 Å². The van der Waals surface area contributed by atoms with Gasteiger partial charge in [-0.05, 0) is 19.4 Å². The Hall–Kier alpha value is -2.13. The number of nitrogens with zero attached hydrogens (tertiary/aromatic N) is 5. The van der Waals surface area contributed by atoms with E-state index in [-0.39, 0.29) is 24.1 Å². The van der Waals surface area contributed by atoms with E-state index < -0.39 is 0 Å². The smallest absolute Gasteiger partial charge is 0.410 e. The molecule has 0 saturated carbocycles. The van der Waals surface area contributed by atoms with Gasteiger partial charge in [-0.1, -0.05) is 0 Å². The normalized spacial score (nSPS) is 25.7. The highest BCUT2D eigenvalue weighted by molar-refractivity contribution is 5.92. The van der Waals surface area contributed by atoms with Gasteiger partial charge in [0.05, 0.1) is 25.8 Å². The van der Waals surface area contributed by atoms with E-state index in [0.717, 1.165) is 45.8 Å². The highest BCUT2D eigenvalue weighted by Gasteiger charge is 2.48. The minimum atomic E-state index is -0.255. The van der Waals surface area contributed by atoms with Gasteiger partial charge >= 0.3 is 6.09 Å². The predicted octanol–water partition coefficient (Wildman–Crippen LogP) is 0.271. The monoisotopic (exact) mass is 377 g/mol. The van der Waals surface area contributed by atoms with Crippen molar-refractivity contribution in [1.29, 1.82) is 0 Å². The summed E-state index contributed by atoms with van der Waals surface area (Å²) in [4.78, 5) is 30.8. The molecule has 1 aromatic rings. The van der Waals surface area contributed by atoms with Crippen LogP contribution in [-0.2, 0) is 16.0 Å². The average molecular weight is 377 g/mol. The molecule has 3 saturated heterocycles. The van der Waals surface area contributed by atoms with Gasteiger partial charge in [0.1, 0.15) is 11.8 Å². The fourth-order valence-electron chi connectivity index (χ4n) is 4.03. The minimum Gasteiger partial charge on any atom is -0.442 e. The van der Waals surface area contributed by atoms with Crippen LogP contribution in [0.3, 0.4) is 0 Å². The summed E-state index contributed by atoms with van der Waals surface area (Å²) in [6, 6.07) is 1.69. The first-order valence-electron chi connectivity index (χ1n) is 9.76. The molecule has 0 aromatic carbocycles. The molecule has 0 spiro atoms. The Morgan fingerprint density at radius 3 is 2.81 bits per heavy atom. The molecule has 148 valence electrons. The van der Waals surface area contributed by atoms with Gasteiger partial charge in [0.25, 0.3) is 5.91 Å². The molecule has 3 fully saturated rings. The molecule has 0 bridgehead atoms. The number of fused-ring (bicyclic) bond motifs is 1. The summed E-state index contributed by atoms with van der Waals surface area (Å²) >= 11 is 0. The second kappa shape index (κ2) is 7.85. The maximum atomic E-state index is 12.7. The quantitative estimate of drug-likeness (QED) is 0.708. The van der Waals surface area contributed by atoms with E-state index in [9.17, 15) is 9.59 Å². The summed E-state index contributed by atoms with van der Waals surface area (Å²) in [6.07, 6.45) is 2.21. The number of ether oxygens (including phenoxy) is 2. The number of rotatable bonds is 6. The summed E-state index contributed by atoms with van der Waals surface area (Å²) in [7, 11) is 0. The predicted molar refractivity (Wildman–Crippen MR) is 96.4 cm³/mol. The molecule has 0 unspecified atom stereocenters. The number of morpholine rings is 1. The van der Waals surface area contributed by atoms with E-state index >= 15 is 0 Å². The topological polar surface area (TPSA) is 80.1 Å². The van der Waals surface area contributed by atoms with Crippen LogP contribution in [0, 0.1) is 0 Å². The van der Waals surface area contributed by atoms with Gasteiger partial charge in [0, 0.05) is 45.5 Å². The van der Waals surface area contributed by atoms with E-state index in [4.69, 9.17) is 9.47 Å². The molecule has 1 aromatic heterocycles. The van der Waals surface area contributed by atoms with E-state index in [2.05, 4.69) is 10.00 Å². The summed E-state index contributed by atoms with van der Waals surface area (Å²) in [5.74, 6) is -0.0964. The number of carbonyl (C=O) groups is 2. The average Bonchev–Trinajstić information content (AvgIpc) is 3.38. The Labute approximate surface area is 158 Å². The molecular formula is C18H27N5O4. The summed E-state index contributed by atoms with van der Waals surface area (Å²) in [5.41, 5.74) is 0.446. The lowest BCUT2D eigenvalue weighted by molar-refractivity contribution is 0.0362. The van der Waals surface area contributed by atoms with Crippen molar-refractivity contribution in [2.75, 3.05) is 52.5 Å². The number of aromatic nitrogens is 2. The molecule has 0 aliphatic carbocycles. The number of hydrogen-bond acceptors (Lipinski definition) is 6. The molecule has 3 aliphatic heterocycles. The van der Waals surface area contributed by atoms with Crippen molar-refractivity contribution in [3.63, 3.8) is 0 Å². The van der Waals surface area contributed by atoms with Crippen molar-refractivity contribution in [1.82, 2.24) is 24.5 Å². The second-order valence-electron chi connectivity index (χ2n) is 7.26. The molecule has 2 atom stereocenters. The summed E-state index contributed by atoms with van der Waals surface area (Å²) in [6.45, 7) is 8.71. The first-order chi connectivity index (χ1) is 13.2. The van der Waals surface area contributed by atoms with Gasteiger partial charge < -0.3 is 14.4 Å². The van der Waals surface area contributed by atoms with Crippen LogP contribution < -0.4 is 0 Å². The van der Waals surface area contributed by atoms with Crippen LogP contribution in [0.2, 0.25) is 0 Å². The Bertz CT molecular complexity index is 687. The number of likely N-dealkylation sites (tertiary alicyclic amines) is 1. The van der Waals surface area contributed by atoms with Crippen LogP contribution in [-0.4, -0.2) is 101 Å². The largest absolute Gasteiger partial charge is 0.442 e. The van der Waals surface area contributed by atoms with Crippen LogP contribution in [0.5, 0.6) is 0 Å². The highest BCUT2D eigenvalue weighted by atomic mass is 16.6. The fourth-order valence-corrected chi connectivity index (χ4v) is 4.03. The van der Waals surface area contributed by atoms with E-state index in [1.165, 1.54) is 0 Å². The maximum absolute atomic E-state index is 12.7. The van der Waals surface area contributed by atoms with Gasteiger partial charge in [-0.15, -0.1) is 0 Å². The third-order valence-electron chi connectivity index (χ3n) is 5.57. The molecule has 0 radical (unpaired) electrons. The van der Waals surface area contributed by atoms with Crippen molar-refractivity contribution in [3.8, 4) is 0 Å². The number of hydrogen-bond donors (Lipinski definition) is 0. The zero-order valence-corrected chi connectivity index (χ0v) is 15.7. The third kappa shape index (κ3) is 3.79. The van der Waals surface area contributed by atoms with E-state index in [1.807, 2.05) is 13.1 Å². The summed E-state index contributed by atoms with van der Waals surface area (Å²) < 4.78 is 12.6. The highest BCUT2D eigenvalue weighted by Crippen LogP contribution is 2.28. The lowest BCUT2D eigenvalue weighted by atomic mass is 10.2. The summed E-state index contributed by atoms with van der Waals surface area (Å²) in [5, 5.41) is 4.29. The van der Waals surface area contributed by atoms with Crippen molar-refractivity contribution < 1.29 is 19.1 Å². The molecule has 4 rings (SSSR count). The lowest BCUT2D eigenvalue weighted by Crippen LogP contribution is -2.42. The Morgan fingerprint density at radius 1 is 1.26 bits per heavy atom. The maximum Gasteiger partial charge on any atom is 0.410 e. The zero-order chi connectivity index (χ0) is 18.8. The van der Waals surface area contributed by atoms with Gasteiger partial charge in [0.2, 0.25) is 0 Å². The van der Waals surface area contributed by atoms with Gasteiger partial charge in [-0.2, -0.15) is 5.10 Å². The molecule has 27 heavy (non-hydrogen) atoms. The van der Waals surface area contributed by atoms with Gasteiger partial charge in [0.15, 0.2) is 0 Å². The molecule has 0 N–H and O–H groups in total. The molecule has 4 heterocycles. The zero-order valence-electron chi connectivity index (χ0n) is 15.7. The minimum absolute atomic E-state index is 0.0561. The third-order valence-corrected chi connectivity index (χ3v) is 5.57. The molecule has 9 nitrogen and oxygen atoms in total. The lowest BCUT2D eigenvalue weighted by Gasteiger charge is -2.28. The number of aryl methyl sites for hydroxylation is 1. The van der Waals surface area contributed by atoms with Crippen molar-refractivity contribution in [3.05, 3.63) is 18.0 Å². The van der Waals surface area contributed by atoms with Crippen molar-refractivity contribution in [2.45, 2.75) is 32.0 Å². The molecular weight excluding hydrogens is 350 g/mol. The van der Waals surface area contributed by atoms with Gasteiger partial charge in [-0.3, -0.25) is 19.3 Å². The van der Waals surface area contributed by atoms with E-state index in [1.54, 1.807) is 20.5 Å². The first-order valence-corrected chi connectivity index (χ1v) is 9.76. The van der Waals surface area contributed by atoms with Crippen LogP contribution in [0.25, 0.3) is 0 Å². The standard InChI is InChI=1S/C18H27N5O4/c1-2-22-7-4-14(19-22)17(24)21-12-15-16(13-21)27-18(25)23(15)6-3-5-20-8-10-26-11-9-20/h4,7,15-16H,2-3,5-6,8-13H2,1H3/t15-,16+/m1/s1. The number of amides is 2.